The summed E-state index contributed by atoms with van der Waals surface area (Å²) in [5, 5.41) is 9.59. The fourth-order valence-corrected chi connectivity index (χ4v) is 3.27. The van der Waals surface area contributed by atoms with Gasteiger partial charge >= 0.3 is 0 Å². The first-order chi connectivity index (χ1) is 12.3. The molecule has 1 amide bonds. The van der Waals surface area contributed by atoms with E-state index in [1.54, 1.807) is 18.4 Å². The first kappa shape index (κ1) is 17.4. The van der Waals surface area contributed by atoms with E-state index in [2.05, 4.69) is 22.5 Å². The van der Waals surface area contributed by atoms with Crippen LogP contribution in [0, 0.1) is 0 Å². The quantitative estimate of drug-likeness (QED) is 0.630. The van der Waals surface area contributed by atoms with Gasteiger partial charge in [0.15, 0.2) is 0 Å². The number of hydrogen-bond acceptors (Lipinski definition) is 4. The Hall–Kier alpha value is -2.44. The van der Waals surface area contributed by atoms with Crippen LogP contribution in [-0.2, 0) is 11.3 Å². The molecule has 0 fully saturated rings. The van der Waals surface area contributed by atoms with Crippen LogP contribution in [0.1, 0.15) is 22.3 Å². The van der Waals surface area contributed by atoms with Gasteiger partial charge in [-0.25, -0.2) is 0 Å². The van der Waals surface area contributed by atoms with Gasteiger partial charge < -0.3 is 10.1 Å². The minimum Gasteiger partial charge on any atom is -0.385 e. The number of methoxy groups -OCH3 is 1. The van der Waals surface area contributed by atoms with Crippen LogP contribution >= 0.6 is 11.3 Å². The summed E-state index contributed by atoms with van der Waals surface area (Å²) in [6.07, 6.45) is 2.61. The molecule has 0 saturated carbocycles. The lowest BCUT2D eigenvalue weighted by Gasteiger charge is -2.04. The Labute approximate surface area is 151 Å². The fourth-order valence-electron chi connectivity index (χ4n) is 2.55. The number of amides is 1. The van der Waals surface area contributed by atoms with Gasteiger partial charge in [-0.15, -0.1) is 11.3 Å². The molecule has 0 atom stereocenters. The minimum atomic E-state index is -0.0983. The van der Waals surface area contributed by atoms with E-state index >= 15 is 0 Å². The summed E-state index contributed by atoms with van der Waals surface area (Å²) >= 11 is 1.58. The number of nitrogens with zero attached hydrogens (tertiary/aromatic N) is 2. The van der Waals surface area contributed by atoms with Gasteiger partial charge in [-0.1, -0.05) is 36.4 Å². The average Bonchev–Trinajstić information content (AvgIpc) is 3.29. The Morgan fingerprint density at radius 3 is 2.80 bits per heavy atom. The van der Waals surface area contributed by atoms with Crippen molar-refractivity contribution in [2.45, 2.75) is 13.0 Å². The van der Waals surface area contributed by atoms with Crippen LogP contribution in [0.2, 0.25) is 0 Å². The van der Waals surface area contributed by atoms with E-state index in [-0.39, 0.29) is 5.91 Å². The molecule has 130 valence electrons. The van der Waals surface area contributed by atoms with E-state index in [1.807, 2.05) is 46.6 Å². The summed E-state index contributed by atoms with van der Waals surface area (Å²) in [4.78, 5) is 13.6. The van der Waals surface area contributed by atoms with Gasteiger partial charge in [-0.2, -0.15) is 5.10 Å². The Bertz CT molecular complexity index is 797. The van der Waals surface area contributed by atoms with Crippen molar-refractivity contribution in [3.63, 3.8) is 0 Å². The SMILES string of the molecule is COCCCNC(=O)c1cn(Cc2ccccc2)nc1-c1cccs1. The van der Waals surface area contributed by atoms with Crippen LogP contribution in [-0.4, -0.2) is 35.9 Å². The molecule has 2 heterocycles. The highest BCUT2D eigenvalue weighted by atomic mass is 32.1. The Morgan fingerprint density at radius 2 is 2.08 bits per heavy atom. The molecule has 25 heavy (non-hydrogen) atoms. The predicted octanol–water partition coefficient (Wildman–Crippen LogP) is 3.43. The maximum atomic E-state index is 12.6. The molecule has 6 heteroatoms. The van der Waals surface area contributed by atoms with Gasteiger partial charge in [-0.05, 0) is 23.4 Å². The summed E-state index contributed by atoms with van der Waals surface area (Å²) in [6, 6.07) is 14.1. The van der Waals surface area contributed by atoms with Crippen molar-refractivity contribution in [3.8, 4) is 10.6 Å². The number of rotatable bonds is 8. The van der Waals surface area contributed by atoms with Crippen molar-refractivity contribution >= 4 is 17.2 Å². The maximum Gasteiger partial charge on any atom is 0.255 e. The molecule has 5 nitrogen and oxygen atoms in total. The number of aromatic nitrogens is 2. The molecule has 3 aromatic rings. The lowest BCUT2D eigenvalue weighted by Crippen LogP contribution is -2.25. The van der Waals surface area contributed by atoms with Crippen LogP contribution in [0.15, 0.2) is 54.0 Å². The van der Waals surface area contributed by atoms with Crippen molar-refractivity contribution in [1.29, 1.82) is 0 Å². The van der Waals surface area contributed by atoms with Gasteiger partial charge in [0.1, 0.15) is 5.69 Å². The van der Waals surface area contributed by atoms with Crippen LogP contribution in [0.5, 0.6) is 0 Å². The van der Waals surface area contributed by atoms with Crippen LogP contribution in [0.4, 0.5) is 0 Å². The Morgan fingerprint density at radius 1 is 1.24 bits per heavy atom. The number of carbonyl (C=O) groups is 1. The number of thiophene rings is 1. The van der Waals surface area contributed by atoms with Gasteiger partial charge in [0.05, 0.1) is 17.0 Å². The van der Waals surface area contributed by atoms with Crippen molar-refractivity contribution < 1.29 is 9.53 Å². The van der Waals surface area contributed by atoms with E-state index in [4.69, 9.17) is 4.74 Å². The third kappa shape index (κ3) is 4.55. The van der Waals surface area contributed by atoms with Crippen molar-refractivity contribution in [2.75, 3.05) is 20.3 Å². The summed E-state index contributed by atoms with van der Waals surface area (Å²) in [5.41, 5.74) is 2.49. The molecular formula is C19H21N3O2S. The first-order valence-electron chi connectivity index (χ1n) is 8.20. The second kappa shape index (κ2) is 8.60. The largest absolute Gasteiger partial charge is 0.385 e. The number of ether oxygens (including phenoxy) is 1. The summed E-state index contributed by atoms with van der Waals surface area (Å²) in [6.45, 7) is 1.85. The Balaban J connectivity index is 1.81. The smallest absolute Gasteiger partial charge is 0.255 e. The van der Waals surface area contributed by atoms with Gasteiger partial charge in [-0.3, -0.25) is 9.48 Å². The summed E-state index contributed by atoms with van der Waals surface area (Å²) < 4.78 is 6.84. The third-order valence-electron chi connectivity index (χ3n) is 3.76. The Kier molecular flexibility index (Phi) is 5.98. The molecule has 0 spiro atoms. The van der Waals surface area contributed by atoms with E-state index in [1.165, 1.54) is 0 Å². The molecular weight excluding hydrogens is 334 g/mol. The monoisotopic (exact) mass is 355 g/mol. The molecule has 0 aliphatic carbocycles. The van der Waals surface area contributed by atoms with E-state index in [9.17, 15) is 4.79 Å². The molecule has 0 unspecified atom stereocenters. The molecule has 0 saturated heterocycles. The van der Waals surface area contributed by atoms with Crippen LogP contribution in [0.25, 0.3) is 10.6 Å². The zero-order chi connectivity index (χ0) is 17.5. The molecule has 0 radical (unpaired) electrons. The highest BCUT2D eigenvalue weighted by Crippen LogP contribution is 2.27. The molecule has 0 bridgehead atoms. The van der Waals surface area contributed by atoms with Crippen LogP contribution < -0.4 is 5.32 Å². The van der Waals surface area contributed by atoms with Crippen molar-refractivity contribution in [3.05, 3.63) is 65.2 Å². The van der Waals surface area contributed by atoms with E-state index in [0.29, 0.717) is 25.3 Å². The molecule has 0 aliphatic rings. The van der Waals surface area contributed by atoms with Gasteiger partial charge in [0.2, 0.25) is 0 Å². The van der Waals surface area contributed by atoms with Crippen molar-refractivity contribution in [2.24, 2.45) is 0 Å². The first-order valence-corrected chi connectivity index (χ1v) is 9.08. The third-order valence-corrected chi connectivity index (χ3v) is 4.64. The lowest BCUT2D eigenvalue weighted by molar-refractivity contribution is 0.0949. The number of benzene rings is 1. The molecule has 0 aliphatic heterocycles. The zero-order valence-electron chi connectivity index (χ0n) is 14.1. The van der Waals surface area contributed by atoms with Crippen molar-refractivity contribution in [1.82, 2.24) is 15.1 Å². The van der Waals surface area contributed by atoms with Gasteiger partial charge in [0, 0.05) is 26.5 Å². The number of nitrogens with one attached hydrogen (secondary N) is 1. The minimum absolute atomic E-state index is 0.0983. The summed E-state index contributed by atoms with van der Waals surface area (Å²) in [7, 11) is 1.66. The van der Waals surface area contributed by atoms with E-state index < -0.39 is 0 Å². The standard InChI is InChI=1S/C19H21N3O2S/c1-24-11-6-10-20-19(23)16-14-22(13-15-7-3-2-4-8-15)21-18(16)17-9-5-12-25-17/h2-5,7-9,12,14H,6,10-11,13H2,1H3,(H,20,23). The highest BCUT2D eigenvalue weighted by Gasteiger charge is 2.18. The maximum absolute atomic E-state index is 12.6. The van der Waals surface area contributed by atoms with Gasteiger partial charge in [0.25, 0.3) is 5.91 Å². The van der Waals surface area contributed by atoms with E-state index in [0.717, 1.165) is 22.6 Å². The second-order valence-electron chi connectivity index (χ2n) is 5.65. The van der Waals surface area contributed by atoms with Crippen LogP contribution in [0.3, 0.4) is 0 Å². The number of carbonyl (C=O) groups excluding carboxylic acids is 1. The average molecular weight is 355 g/mol. The summed E-state index contributed by atoms with van der Waals surface area (Å²) in [5.74, 6) is -0.0983. The zero-order valence-corrected chi connectivity index (χ0v) is 15.0. The second-order valence-corrected chi connectivity index (χ2v) is 6.60. The normalized spacial score (nSPS) is 10.8. The fraction of sp³-hybridized carbons (Fsp3) is 0.263. The topological polar surface area (TPSA) is 56.1 Å². The predicted molar refractivity (Wildman–Crippen MR) is 99.9 cm³/mol. The molecule has 3 rings (SSSR count). The lowest BCUT2D eigenvalue weighted by atomic mass is 10.2. The molecule has 2 aromatic heterocycles. The molecule has 1 aromatic carbocycles. The molecule has 1 N–H and O–H groups in total. The highest BCUT2D eigenvalue weighted by molar-refractivity contribution is 7.13. The number of hydrogen-bond donors (Lipinski definition) is 1.